The fourth-order valence-electron chi connectivity index (χ4n) is 3.89. The largest absolute Gasteiger partial charge is 0.300 e. The fraction of sp³-hybridized carbons (Fsp3) is 0.375. The van der Waals surface area contributed by atoms with Crippen LogP contribution in [0.4, 0.5) is 5.13 Å². The number of sulfonamides is 1. The van der Waals surface area contributed by atoms with Crippen LogP contribution in [0.15, 0.2) is 65.0 Å². The Labute approximate surface area is 209 Å². The van der Waals surface area contributed by atoms with Gasteiger partial charge in [0.25, 0.3) is 0 Å². The van der Waals surface area contributed by atoms with Crippen molar-refractivity contribution < 1.29 is 13.2 Å². The summed E-state index contributed by atoms with van der Waals surface area (Å²) in [6, 6.07) is 20.0. The van der Waals surface area contributed by atoms with E-state index in [1.807, 2.05) is 48.5 Å². The second kappa shape index (κ2) is 11.9. The van der Waals surface area contributed by atoms with E-state index in [2.05, 4.69) is 27.6 Å². The molecule has 2 aromatic carbocycles. The zero-order chi connectivity index (χ0) is 23.8. The van der Waals surface area contributed by atoms with Crippen molar-refractivity contribution in [2.24, 2.45) is 5.92 Å². The van der Waals surface area contributed by atoms with Crippen LogP contribution in [0.2, 0.25) is 0 Å². The minimum atomic E-state index is -3.40. The highest BCUT2D eigenvalue weighted by molar-refractivity contribution is 8.00. The van der Waals surface area contributed by atoms with E-state index in [0.717, 1.165) is 22.1 Å². The average molecular weight is 517 g/mol. The maximum absolute atomic E-state index is 12.9. The number of hydrogen-bond donors (Lipinski definition) is 1. The lowest BCUT2D eigenvalue weighted by Gasteiger charge is -2.31. The van der Waals surface area contributed by atoms with Gasteiger partial charge in [0, 0.05) is 18.8 Å². The van der Waals surface area contributed by atoms with E-state index in [9.17, 15) is 13.2 Å². The number of carbonyl (C=O) groups is 1. The van der Waals surface area contributed by atoms with Gasteiger partial charge in [0.05, 0.1) is 11.7 Å². The van der Waals surface area contributed by atoms with E-state index in [4.69, 9.17) is 0 Å². The number of rotatable bonds is 10. The van der Waals surface area contributed by atoms with Crippen LogP contribution in [0.5, 0.6) is 0 Å². The van der Waals surface area contributed by atoms with E-state index in [-0.39, 0.29) is 24.1 Å². The van der Waals surface area contributed by atoms with E-state index < -0.39 is 10.0 Å². The molecule has 1 atom stereocenters. The van der Waals surface area contributed by atoms with E-state index >= 15 is 0 Å². The SMILES string of the molecule is O=C(Nc1nnc(SCc2ccccc2)s1)C1CCCN(S(=O)(=O)CCCc2ccccc2)C1. The highest BCUT2D eigenvalue weighted by Crippen LogP contribution is 2.29. The van der Waals surface area contributed by atoms with Crippen LogP contribution < -0.4 is 5.32 Å². The van der Waals surface area contributed by atoms with Crippen LogP contribution >= 0.6 is 23.1 Å². The second-order valence-corrected chi connectivity index (χ2v) is 12.5. The third-order valence-corrected chi connectivity index (χ3v) is 9.67. The number of aromatic nitrogens is 2. The summed E-state index contributed by atoms with van der Waals surface area (Å²) in [5.41, 5.74) is 2.33. The van der Waals surface area contributed by atoms with Gasteiger partial charge < -0.3 is 5.32 Å². The number of benzene rings is 2. The predicted molar refractivity (Wildman–Crippen MR) is 137 cm³/mol. The Bertz CT molecular complexity index is 1170. The minimum Gasteiger partial charge on any atom is -0.300 e. The zero-order valence-corrected chi connectivity index (χ0v) is 21.2. The summed E-state index contributed by atoms with van der Waals surface area (Å²) < 4.78 is 28.0. The molecule has 0 spiro atoms. The molecule has 1 N–H and O–H groups in total. The standard InChI is InChI=1S/C24H28N4O3S3/c29-22(25-23-26-27-24(33-23)32-18-20-11-5-2-6-12-20)21-14-7-15-28(17-21)34(30,31)16-8-13-19-9-3-1-4-10-19/h1-6,9-12,21H,7-8,13-18H2,(H,25,26,29). The van der Waals surface area contributed by atoms with Crippen LogP contribution in [0, 0.1) is 5.92 Å². The summed E-state index contributed by atoms with van der Waals surface area (Å²) >= 11 is 2.91. The van der Waals surface area contributed by atoms with Gasteiger partial charge in [-0.3, -0.25) is 4.79 Å². The van der Waals surface area contributed by atoms with Crippen molar-refractivity contribution in [3.63, 3.8) is 0 Å². The first kappa shape index (κ1) is 24.8. The van der Waals surface area contributed by atoms with Gasteiger partial charge in [0.1, 0.15) is 0 Å². The molecule has 0 saturated carbocycles. The Kier molecular flexibility index (Phi) is 8.71. The molecule has 1 fully saturated rings. The number of anilines is 1. The first-order valence-corrected chi connectivity index (χ1v) is 14.7. The van der Waals surface area contributed by atoms with Gasteiger partial charge in [0.15, 0.2) is 4.34 Å². The second-order valence-electron chi connectivity index (χ2n) is 8.24. The molecule has 10 heteroatoms. The number of hydrogen-bond acceptors (Lipinski definition) is 7. The molecule has 1 amide bonds. The maximum Gasteiger partial charge on any atom is 0.230 e. The summed E-state index contributed by atoms with van der Waals surface area (Å²) in [6.07, 6.45) is 2.62. The molecule has 3 aromatic rings. The zero-order valence-electron chi connectivity index (χ0n) is 18.8. The number of aryl methyl sites for hydroxylation is 1. The summed E-state index contributed by atoms with van der Waals surface area (Å²) in [5, 5.41) is 11.5. The molecule has 4 rings (SSSR count). The summed E-state index contributed by atoms with van der Waals surface area (Å²) in [4.78, 5) is 12.8. The van der Waals surface area contributed by atoms with Crippen molar-refractivity contribution in [3.8, 4) is 0 Å². The van der Waals surface area contributed by atoms with E-state index in [1.165, 1.54) is 21.2 Å². The lowest BCUT2D eigenvalue weighted by molar-refractivity contribution is -0.120. The molecular weight excluding hydrogens is 488 g/mol. The van der Waals surface area contributed by atoms with Crippen LogP contribution in [0.1, 0.15) is 30.4 Å². The van der Waals surface area contributed by atoms with Gasteiger partial charge in [-0.1, -0.05) is 83.8 Å². The van der Waals surface area contributed by atoms with Crippen molar-refractivity contribution in [1.82, 2.24) is 14.5 Å². The average Bonchev–Trinajstić information content (AvgIpc) is 3.31. The normalized spacial score (nSPS) is 16.9. The number of amides is 1. The summed E-state index contributed by atoms with van der Waals surface area (Å²) in [5.74, 6) is 0.291. The lowest BCUT2D eigenvalue weighted by Crippen LogP contribution is -2.44. The first-order valence-electron chi connectivity index (χ1n) is 11.3. The first-order chi connectivity index (χ1) is 16.5. The van der Waals surface area contributed by atoms with Gasteiger partial charge in [-0.15, -0.1) is 10.2 Å². The summed E-state index contributed by atoms with van der Waals surface area (Å²) in [7, 11) is -3.40. The van der Waals surface area contributed by atoms with Crippen LogP contribution in [0.3, 0.4) is 0 Å². The minimum absolute atomic E-state index is 0.0919. The molecule has 0 aliphatic carbocycles. The van der Waals surface area contributed by atoms with Gasteiger partial charge >= 0.3 is 0 Å². The molecule has 0 radical (unpaired) electrons. The fourth-order valence-corrected chi connectivity index (χ4v) is 7.18. The molecule has 34 heavy (non-hydrogen) atoms. The maximum atomic E-state index is 12.9. The van der Waals surface area contributed by atoms with Gasteiger partial charge in [-0.25, -0.2) is 12.7 Å². The number of piperidine rings is 1. The van der Waals surface area contributed by atoms with Crippen molar-refractivity contribution in [2.75, 3.05) is 24.2 Å². The molecule has 2 heterocycles. The van der Waals surface area contributed by atoms with Crippen LogP contribution in [-0.2, 0) is 27.0 Å². The van der Waals surface area contributed by atoms with Crippen molar-refractivity contribution in [3.05, 3.63) is 71.8 Å². The van der Waals surface area contributed by atoms with Crippen molar-refractivity contribution in [2.45, 2.75) is 35.8 Å². The molecule has 0 bridgehead atoms. The Morgan fingerprint density at radius 3 is 2.50 bits per heavy atom. The third kappa shape index (κ3) is 7.11. The molecule has 1 saturated heterocycles. The molecular formula is C24H28N4O3S3. The number of thioether (sulfide) groups is 1. The third-order valence-electron chi connectivity index (χ3n) is 5.70. The Morgan fingerprint density at radius 1 is 1.06 bits per heavy atom. The number of carbonyl (C=O) groups excluding carboxylic acids is 1. The van der Waals surface area contributed by atoms with Gasteiger partial charge in [-0.05, 0) is 36.8 Å². The lowest BCUT2D eigenvalue weighted by atomic mass is 9.99. The monoisotopic (exact) mass is 516 g/mol. The predicted octanol–water partition coefficient (Wildman–Crippen LogP) is 4.44. The van der Waals surface area contributed by atoms with E-state index in [0.29, 0.717) is 30.9 Å². The van der Waals surface area contributed by atoms with Crippen LogP contribution in [-0.4, -0.2) is 47.7 Å². The van der Waals surface area contributed by atoms with E-state index in [1.54, 1.807) is 11.8 Å². The molecule has 1 aliphatic rings. The highest BCUT2D eigenvalue weighted by Gasteiger charge is 2.32. The quantitative estimate of drug-likeness (QED) is 0.316. The molecule has 1 aromatic heterocycles. The van der Waals surface area contributed by atoms with Crippen LogP contribution in [0.25, 0.3) is 0 Å². The Hall–Kier alpha value is -2.27. The highest BCUT2D eigenvalue weighted by atomic mass is 32.2. The van der Waals surface area contributed by atoms with Crippen molar-refractivity contribution in [1.29, 1.82) is 0 Å². The molecule has 1 aliphatic heterocycles. The smallest absolute Gasteiger partial charge is 0.230 e. The molecule has 1 unspecified atom stereocenters. The molecule has 180 valence electrons. The number of nitrogens with zero attached hydrogens (tertiary/aromatic N) is 3. The Balaban J connectivity index is 1.26. The van der Waals surface area contributed by atoms with Gasteiger partial charge in [0.2, 0.25) is 21.1 Å². The van der Waals surface area contributed by atoms with Crippen molar-refractivity contribution >= 4 is 44.2 Å². The summed E-state index contributed by atoms with van der Waals surface area (Å²) in [6.45, 7) is 0.685. The topological polar surface area (TPSA) is 92.3 Å². The number of nitrogens with one attached hydrogen (secondary N) is 1. The van der Waals surface area contributed by atoms with Gasteiger partial charge in [-0.2, -0.15) is 0 Å². The Morgan fingerprint density at radius 2 is 1.76 bits per heavy atom. The molecule has 7 nitrogen and oxygen atoms in total.